The summed E-state index contributed by atoms with van der Waals surface area (Å²) in [6.45, 7) is 12.3. The molecule has 0 aromatic rings. The van der Waals surface area contributed by atoms with Crippen LogP contribution in [-0.2, 0) is 14.1 Å². The third-order valence-electron chi connectivity index (χ3n) is 4.68. The van der Waals surface area contributed by atoms with Crippen LogP contribution < -0.4 is 0 Å². The molecule has 0 saturated carbocycles. The average molecular weight is 297 g/mol. The molecule has 0 spiro atoms. The first-order valence-electron chi connectivity index (χ1n) is 7.48. The van der Waals surface area contributed by atoms with E-state index >= 15 is 0 Å². The first-order valence-corrected chi connectivity index (χ1v) is 10.4. The van der Waals surface area contributed by atoms with Crippen LogP contribution in [0.15, 0.2) is 11.6 Å². The lowest BCUT2D eigenvalue weighted by molar-refractivity contribution is -0.185. The molecule has 2 aliphatic rings. The minimum atomic E-state index is -1.83. The number of rotatable bonds is 2. The summed E-state index contributed by atoms with van der Waals surface area (Å²) < 4.78 is 6.42. The molecule has 1 saturated heterocycles. The summed E-state index contributed by atoms with van der Waals surface area (Å²) in [7, 11) is -1.83. The van der Waals surface area contributed by atoms with Crippen LogP contribution >= 0.6 is 0 Å². The maximum Gasteiger partial charge on any atom is 0.248 e. The van der Waals surface area contributed by atoms with E-state index in [9.17, 15) is 4.79 Å². The van der Waals surface area contributed by atoms with Gasteiger partial charge in [-0.1, -0.05) is 26.8 Å². The molecule has 5 heteroatoms. The lowest BCUT2D eigenvalue weighted by Gasteiger charge is -2.40. The molecule has 1 amide bonds. The number of carbonyl (C=O) groups excluding carboxylic acids is 1. The molecule has 20 heavy (non-hydrogen) atoms. The Morgan fingerprint density at radius 1 is 1.40 bits per heavy atom. The lowest BCUT2D eigenvalue weighted by Crippen LogP contribution is -2.46. The van der Waals surface area contributed by atoms with Crippen molar-refractivity contribution in [2.45, 2.75) is 64.3 Å². The smallest absolute Gasteiger partial charge is 0.248 e. The maximum atomic E-state index is 12.2. The summed E-state index contributed by atoms with van der Waals surface area (Å²) in [4.78, 5) is 17.6. The third-order valence-corrected chi connectivity index (χ3v) is 9.22. The predicted molar refractivity (Wildman–Crippen MR) is 81.7 cm³/mol. The molecule has 2 aliphatic heterocycles. The van der Waals surface area contributed by atoms with E-state index in [0.29, 0.717) is 19.6 Å². The van der Waals surface area contributed by atoms with Crippen LogP contribution in [0.1, 0.15) is 40.0 Å². The Balaban J connectivity index is 2.07. The van der Waals surface area contributed by atoms with E-state index in [1.807, 2.05) is 0 Å². The topological polar surface area (TPSA) is 38.8 Å². The highest BCUT2D eigenvalue weighted by atomic mass is 28.4. The number of nitrogens with zero attached hydrogens (tertiary/aromatic N) is 1. The van der Waals surface area contributed by atoms with Crippen molar-refractivity contribution in [3.05, 3.63) is 11.6 Å². The highest BCUT2D eigenvalue weighted by molar-refractivity contribution is 6.74. The van der Waals surface area contributed by atoms with Crippen LogP contribution in [-0.4, -0.2) is 38.5 Å². The number of fused-ring (bicyclic) bond motifs is 2. The molecular weight excluding hydrogens is 270 g/mol. The van der Waals surface area contributed by atoms with Crippen molar-refractivity contribution in [1.82, 2.24) is 5.06 Å². The van der Waals surface area contributed by atoms with Gasteiger partial charge in [0.05, 0.1) is 25.7 Å². The van der Waals surface area contributed by atoms with Gasteiger partial charge in [-0.3, -0.25) is 9.63 Å². The van der Waals surface area contributed by atoms with Gasteiger partial charge in [-0.25, -0.2) is 5.06 Å². The first-order chi connectivity index (χ1) is 9.19. The summed E-state index contributed by atoms with van der Waals surface area (Å²) >= 11 is 0. The highest BCUT2D eigenvalue weighted by Crippen LogP contribution is 2.38. The zero-order valence-electron chi connectivity index (χ0n) is 13.4. The summed E-state index contributed by atoms with van der Waals surface area (Å²) in [6.07, 6.45) is 4.51. The zero-order chi connectivity index (χ0) is 15.0. The number of hydrogen-bond donors (Lipinski definition) is 0. The number of hydrogen-bond acceptors (Lipinski definition) is 3. The van der Waals surface area contributed by atoms with Gasteiger partial charge in [0.1, 0.15) is 0 Å². The average Bonchev–Trinajstić information content (AvgIpc) is 2.33. The Kier molecular flexibility index (Phi) is 4.42. The Hall–Kier alpha value is -0.653. The van der Waals surface area contributed by atoms with Crippen molar-refractivity contribution in [3.63, 3.8) is 0 Å². The van der Waals surface area contributed by atoms with Crippen molar-refractivity contribution >= 4 is 14.2 Å². The molecular formula is C15H27NO3Si. The van der Waals surface area contributed by atoms with Crippen molar-refractivity contribution in [1.29, 1.82) is 0 Å². The molecule has 4 nitrogen and oxygen atoms in total. The van der Waals surface area contributed by atoms with Crippen LogP contribution in [0.3, 0.4) is 0 Å². The second-order valence-electron chi connectivity index (χ2n) is 7.33. The zero-order valence-corrected chi connectivity index (χ0v) is 14.4. The SMILES string of the molecule is CC(C)(C)[Si](C)(C)O[C@H]1CCC2=CCON(C2)C(=O)C1. The monoisotopic (exact) mass is 297 g/mol. The first kappa shape index (κ1) is 15.7. The third kappa shape index (κ3) is 3.51. The molecule has 2 heterocycles. The second-order valence-corrected chi connectivity index (χ2v) is 12.1. The van der Waals surface area contributed by atoms with Crippen molar-refractivity contribution in [3.8, 4) is 0 Å². The Bertz CT molecular complexity index is 412. The van der Waals surface area contributed by atoms with Gasteiger partial charge in [-0.2, -0.15) is 0 Å². The molecule has 1 fully saturated rings. The molecule has 2 bridgehead atoms. The molecule has 0 radical (unpaired) electrons. The normalized spacial score (nSPS) is 25.1. The van der Waals surface area contributed by atoms with Gasteiger partial charge in [0, 0.05) is 0 Å². The van der Waals surface area contributed by atoms with Crippen LogP contribution in [0.25, 0.3) is 0 Å². The fraction of sp³-hybridized carbons (Fsp3) is 0.800. The van der Waals surface area contributed by atoms with Crippen LogP contribution in [0, 0.1) is 0 Å². The van der Waals surface area contributed by atoms with Crippen LogP contribution in [0.5, 0.6) is 0 Å². The van der Waals surface area contributed by atoms with E-state index < -0.39 is 8.32 Å². The van der Waals surface area contributed by atoms with E-state index in [0.717, 1.165) is 12.8 Å². The number of amides is 1. The molecule has 2 rings (SSSR count). The standard InChI is InChI=1S/C15H27NO3Si/c1-15(2,3)20(4,5)19-13-7-6-12-8-9-18-16(11-12)14(17)10-13/h8,13H,6-7,9-11H2,1-5H3/t13-/m0/s1. The molecule has 0 aromatic carbocycles. The maximum absolute atomic E-state index is 12.2. The second kappa shape index (κ2) is 5.62. The van der Waals surface area contributed by atoms with Gasteiger partial charge in [0.25, 0.3) is 0 Å². The van der Waals surface area contributed by atoms with Gasteiger partial charge in [-0.05, 0) is 36.5 Å². The van der Waals surface area contributed by atoms with Gasteiger partial charge in [0.2, 0.25) is 5.91 Å². The fourth-order valence-corrected chi connectivity index (χ4v) is 3.71. The Morgan fingerprint density at radius 3 is 2.75 bits per heavy atom. The molecule has 1 atom stereocenters. The van der Waals surface area contributed by atoms with Gasteiger partial charge < -0.3 is 4.43 Å². The summed E-state index contributed by atoms with van der Waals surface area (Å²) in [5.41, 5.74) is 1.30. The van der Waals surface area contributed by atoms with E-state index in [4.69, 9.17) is 9.26 Å². The van der Waals surface area contributed by atoms with Crippen molar-refractivity contribution < 1.29 is 14.1 Å². The summed E-state index contributed by atoms with van der Waals surface area (Å²) in [5.74, 6) is 0.0546. The summed E-state index contributed by atoms with van der Waals surface area (Å²) in [6, 6.07) is 0. The Labute approximate surface area is 123 Å². The predicted octanol–water partition coefficient (Wildman–Crippen LogP) is 3.26. The van der Waals surface area contributed by atoms with E-state index in [1.54, 1.807) is 0 Å². The largest absolute Gasteiger partial charge is 0.413 e. The van der Waals surface area contributed by atoms with E-state index in [2.05, 4.69) is 39.9 Å². The Morgan fingerprint density at radius 2 is 2.10 bits per heavy atom. The molecule has 0 unspecified atom stereocenters. The van der Waals surface area contributed by atoms with Gasteiger partial charge in [-0.15, -0.1) is 0 Å². The van der Waals surface area contributed by atoms with Crippen molar-refractivity contribution in [2.75, 3.05) is 13.2 Å². The summed E-state index contributed by atoms with van der Waals surface area (Å²) in [5, 5.41) is 1.68. The fourth-order valence-electron chi connectivity index (χ4n) is 2.32. The lowest BCUT2D eigenvalue weighted by atomic mass is 10.0. The van der Waals surface area contributed by atoms with Gasteiger partial charge in [0.15, 0.2) is 8.32 Å². The quantitative estimate of drug-likeness (QED) is 0.580. The van der Waals surface area contributed by atoms with Crippen molar-refractivity contribution in [2.24, 2.45) is 0 Å². The molecule has 0 aromatic heterocycles. The van der Waals surface area contributed by atoms with Gasteiger partial charge >= 0.3 is 0 Å². The number of carbonyl (C=O) groups is 1. The van der Waals surface area contributed by atoms with E-state index in [1.165, 1.54) is 10.6 Å². The molecule has 0 N–H and O–H groups in total. The minimum Gasteiger partial charge on any atom is -0.413 e. The van der Waals surface area contributed by atoms with Crippen LogP contribution in [0.2, 0.25) is 18.1 Å². The van der Waals surface area contributed by atoms with E-state index in [-0.39, 0.29) is 17.0 Å². The highest BCUT2D eigenvalue weighted by Gasteiger charge is 2.40. The van der Waals surface area contributed by atoms with Crippen LogP contribution in [0.4, 0.5) is 0 Å². The number of hydroxylamine groups is 2. The minimum absolute atomic E-state index is 0.0243. The molecule has 0 aliphatic carbocycles. The molecule has 114 valence electrons.